The van der Waals surface area contributed by atoms with Crippen LogP contribution in [0.15, 0.2) is 60.7 Å². The smallest absolute Gasteiger partial charge is 0.322 e. The lowest BCUT2D eigenvalue weighted by Crippen LogP contribution is -2.44. The van der Waals surface area contributed by atoms with Gasteiger partial charge in [0.1, 0.15) is 5.71 Å². The first-order chi connectivity index (χ1) is 19.0. The van der Waals surface area contributed by atoms with E-state index >= 15 is 0 Å². The molecule has 0 bridgehead atoms. The summed E-state index contributed by atoms with van der Waals surface area (Å²) < 4.78 is 41.8. The summed E-state index contributed by atoms with van der Waals surface area (Å²) in [5.41, 5.74) is 2.12. The summed E-state index contributed by atoms with van der Waals surface area (Å²) in [6.45, 7) is 5.00. The quantitative estimate of drug-likeness (QED) is 0.285. The Morgan fingerprint density at radius 2 is 1.77 bits per heavy atom. The number of amides is 1. The fourth-order valence-corrected chi connectivity index (χ4v) is 4.45. The number of carbonyl (C=O) groups is 1. The summed E-state index contributed by atoms with van der Waals surface area (Å²) in [5.74, 6) is 5.13. The Balaban J connectivity index is 1.53. The van der Waals surface area contributed by atoms with Gasteiger partial charge in [-0.1, -0.05) is 42.3 Å². The number of benzene rings is 3. The molecule has 1 fully saturated rings. The maximum absolute atomic E-state index is 13.9. The van der Waals surface area contributed by atoms with Crippen molar-refractivity contribution in [3.05, 3.63) is 99.6 Å². The molecule has 1 aliphatic rings. The van der Waals surface area contributed by atoms with Gasteiger partial charge in [-0.05, 0) is 55.3 Å². The number of rotatable bonds is 6. The first kappa shape index (κ1) is 28.7. The van der Waals surface area contributed by atoms with E-state index in [2.05, 4.69) is 22.1 Å². The van der Waals surface area contributed by atoms with Gasteiger partial charge in [0.2, 0.25) is 0 Å². The number of hydrogen-bond acceptors (Lipinski definition) is 5. The zero-order valence-electron chi connectivity index (χ0n) is 22.3. The highest BCUT2D eigenvalue weighted by atomic mass is 19.4. The summed E-state index contributed by atoms with van der Waals surface area (Å²) in [4.78, 5) is 17.1. The Morgan fingerprint density at radius 1 is 1.05 bits per heavy atom. The zero-order valence-corrected chi connectivity index (χ0v) is 22.3. The number of alkyl halides is 3. The molecule has 3 aromatic rings. The molecule has 3 aromatic carbocycles. The van der Waals surface area contributed by atoms with Gasteiger partial charge in [-0.15, -0.1) is 0 Å². The van der Waals surface area contributed by atoms with Gasteiger partial charge < -0.3 is 15.6 Å². The van der Waals surface area contributed by atoms with Crippen molar-refractivity contribution in [1.82, 2.24) is 9.80 Å². The standard InChI is InChI=1S/C31H30F3N5O/c1-21-7-8-23(17-22(21)10-12-29(36)27-6-4-3-5-24(27)19-35)30(40)37-26-11-9-25(28(18-26)31(32,33)34)20-39-15-13-38(2)14-16-39/h3-9,11,17-19,35-36H,13-16,20H2,1-2H3,(H,37,40). The van der Waals surface area contributed by atoms with Crippen LogP contribution in [0.5, 0.6) is 0 Å². The van der Waals surface area contributed by atoms with Crippen LogP contribution in [0.1, 0.15) is 43.7 Å². The fraction of sp³-hybridized carbons (Fsp3) is 0.258. The van der Waals surface area contributed by atoms with Crippen LogP contribution in [-0.4, -0.2) is 60.9 Å². The first-order valence-electron chi connectivity index (χ1n) is 12.8. The number of anilines is 1. The molecule has 0 spiro atoms. The van der Waals surface area contributed by atoms with E-state index in [4.69, 9.17) is 10.8 Å². The molecule has 9 heteroatoms. The normalized spacial score (nSPS) is 14.2. The number of nitrogens with zero attached hydrogens (tertiary/aromatic N) is 2. The third-order valence-electron chi connectivity index (χ3n) is 6.87. The van der Waals surface area contributed by atoms with E-state index in [1.54, 1.807) is 42.5 Å². The molecule has 1 heterocycles. The van der Waals surface area contributed by atoms with Crippen molar-refractivity contribution in [3.8, 4) is 11.8 Å². The van der Waals surface area contributed by atoms with Crippen LogP contribution in [0.2, 0.25) is 0 Å². The Morgan fingerprint density at radius 3 is 2.48 bits per heavy atom. The van der Waals surface area contributed by atoms with Crippen LogP contribution in [0.3, 0.4) is 0 Å². The maximum atomic E-state index is 13.9. The predicted octanol–water partition coefficient (Wildman–Crippen LogP) is 5.43. The molecule has 206 valence electrons. The number of nitrogens with one attached hydrogen (secondary N) is 3. The van der Waals surface area contributed by atoms with Gasteiger partial charge in [0.15, 0.2) is 0 Å². The van der Waals surface area contributed by atoms with E-state index in [0.717, 1.165) is 30.9 Å². The third-order valence-corrected chi connectivity index (χ3v) is 6.87. The minimum absolute atomic E-state index is 0.0321. The molecular formula is C31H30F3N5O. The molecule has 1 aliphatic heterocycles. The summed E-state index contributed by atoms with van der Waals surface area (Å²) >= 11 is 0. The van der Waals surface area contributed by atoms with Crippen LogP contribution in [0.4, 0.5) is 18.9 Å². The van der Waals surface area contributed by atoms with Crippen molar-refractivity contribution in [2.24, 2.45) is 0 Å². The summed E-state index contributed by atoms with van der Waals surface area (Å²) in [6, 6.07) is 15.7. The molecule has 0 aromatic heterocycles. The molecule has 6 nitrogen and oxygen atoms in total. The van der Waals surface area contributed by atoms with Gasteiger partial charge in [0.05, 0.1) is 5.56 Å². The van der Waals surface area contributed by atoms with Crippen molar-refractivity contribution < 1.29 is 18.0 Å². The average Bonchev–Trinajstić information content (AvgIpc) is 2.93. The van der Waals surface area contributed by atoms with E-state index in [9.17, 15) is 18.0 Å². The maximum Gasteiger partial charge on any atom is 0.416 e. The number of carbonyl (C=O) groups excluding carboxylic acids is 1. The SMILES string of the molecule is Cc1ccc(C(=O)Nc2ccc(CN3CCN(C)CC3)c(C(F)(F)F)c2)cc1C#CC(=N)c1ccccc1C=N. The Hall–Kier alpha value is -4.26. The van der Waals surface area contributed by atoms with Crippen molar-refractivity contribution in [1.29, 1.82) is 10.8 Å². The van der Waals surface area contributed by atoms with Crippen molar-refractivity contribution >= 4 is 23.5 Å². The number of aryl methyl sites for hydroxylation is 1. The second-order valence-corrected chi connectivity index (χ2v) is 9.79. The van der Waals surface area contributed by atoms with Gasteiger partial charge in [-0.3, -0.25) is 15.1 Å². The van der Waals surface area contributed by atoms with Gasteiger partial charge in [0.25, 0.3) is 5.91 Å². The Bertz CT molecular complexity index is 1490. The summed E-state index contributed by atoms with van der Waals surface area (Å²) in [7, 11) is 1.99. The van der Waals surface area contributed by atoms with Crippen LogP contribution in [0, 0.1) is 29.6 Å². The van der Waals surface area contributed by atoms with Crippen molar-refractivity contribution in [3.63, 3.8) is 0 Å². The van der Waals surface area contributed by atoms with Crippen molar-refractivity contribution in [2.75, 3.05) is 38.5 Å². The molecule has 40 heavy (non-hydrogen) atoms. The van der Waals surface area contributed by atoms with Gasteiger partial charge in [-0.2, -0.15) is 13.2 Å². The lowest BCUT2D eigenvalue weighted by atomic mass is 10.0. The van der Waals surface area contributed by atoms with E-state index in [1.165, 1.54) is 12.1 Å². The molecule has 3 N–H and O–H groups in total. The zero-order chi connectivity index (χ0) is 28.9. The minimum atomic E-state index is -4.56. The molecule has 0 aliphatic carbocycles. The van der Waals surface area contributed by atoms with E-state index in [-0.39, 0.29) is 29.1 Å². The number of piperazine rings is 1. The van der Waals surface area contributed by atoms with Crippen LogP contribution < -0.4 is 5.32 Å². The molecule has 0 saturated carbocycles. The number of likely N-dealkylation sites (N-methyl/N-ethyl adjacent to an activating group) is 1. The van der Waals surface area contributed by atoms with Crippen LogP contribution >= 0.6 is 0 Å². The van der Waals surface area contributed by atoms with E-state index < -0.39 is 17.6 Å². The highest BCUT2D eigenvalue weighted by Crippen LogP contribution is 2.34. The molecule has 1 amide bonds. The number of hydrogen-bond donors (Lipinski definition) is 3. The highest BCUT2D eigenvalue weighted by molar-refractivity contribution is 6.15. The lowest BCUT2D eigenvalue weighted by Gasteiger charge is -2.33. The lowest BCUT2D eigenvalue weighted by molar-refractivity contribution is -0.138. The Kier molecular flexibility index (Phi) is 8.83. The van der Waals surface area contributed by atoms with Gasteiger partial charge >= 0.3 is 6.18 Å². The van der Waals surface area contributed by atoms with Gasteiger partial charge in [-0.25, -0.2) is 0 Å². The number of halogens is 3. The third kappa shape index (κ3) is 7.03. The molecule has 0 radical (unpaired) electrons. The molecule has 0 atom stereocenters. The topological polar surface area (TPSA) is 83.3 Å². The molecule has 0 unspecified atom stereocenters. The van der Waals surface area contributed by atoms with E-state index in [0.29, 0.717) is 29.8 Å². The summed E-state index contributed by atoms with van der Waals surface area (Å²) in [5, 5.41) is 18.4. The van der Waals surface area contributed by atoms with E-state index in [1.807, 2.05) is 18.9 Å². The average molecular weight is 546 g/mol. The second-order valence-electron chi connectivity index (χ2n) is 9.79. The van der Waals surface area contributed by atoms with Crippen LogP contribution in [0.25, 0.3) is 0 Å². The first-order valence-corrected chi connectivity index (χ1v) is 12.8. The van der Waals surface area contributed by atoms with Crippen molar-refractivity contribution in [2.45, 2.75) is 19.6 Å². The Labute approximate surface area is 231 Å². The molecule has 4 rings (SSSR count). The monoisotopic (exact) mass is 545 g/mol. The second kappa shape index (κ2) is 12.3. The fourth-order valence-electron chi connectivity index (χ4n) is 4.45. The van der Waals surface area contributed by atoms with Gasteiger partial charge in [0, 0.05) is 66.9 Å². The van der Waals surface area contributed by atoms with Crippen LogP contribution in [-0.2, 0) is 12.7 Å². The largest absolute Gasteiger partial charge is 0.416 e. The minimum Gasteiger partial charge on any atom is -0.322 e. The molecular weight excluding hydrogens is 515 g/mol. The highest BCUT2D eigenvalue weighted by Gasteiger charge is 2.34. The predicted molar refractivity (Wildman–Crippen MR) is 151 cm³/mol. The summed E-state index contributed by atoms with van der Waals surface area (Å²) in [6.07, 6.45) is -3.40. The molecule has 1 saturated heterocycles.